The van der Waals surface area contributed by atoms with E-state index in [9.17, 15) is 9.59 Å². The molecule has 1 heterocycles. The highest BCUT2D eigenvalue weighted by Gasteiger charge is 2.23. The maximum Gasteiger partial charge on any atom is 0.317 e. The third kappa shape index (κ3) is 7.09. The van der Waals surface area contributed by atoms with E-state index in [-0.39, 0.29) is 11.9 Å². The number of ether oxygens (including phenoxy) is 2. The Kier molecular flexibility index (Phi) is 8.91. The average molecular weight is 377 g/mol. The van der Waals surface area contributed by atoms with E-state index >= 15 is 0 Å². The van der Waals surface area contributed by atoms with Gasteiger partial charge in [-0.25, -0.2) is 4.79 Å². The van der Waals surface area contributed by atoms with Gasteiger partial charge >= 0.3 is 6.03 Å². The summed E-state index contributed by atoms with van der Waals surface area (Å²) in [5.74, 6) is 0.962. The van der Waals surface area contributed by atoms with Crippen molar-refractivity contribution in [3.63, 3.8) is 0 Å². The van der Waals surface area contributed by atoms with Gasteiger partial charge in [0.1, 0.15) is 5.75 Å². The van der Waals surface area contributed by atoms with Crippen LogP contribution in [0.5, 0.6) is 5.75 Å². The number of nitrogens with zero attached hydrogens (tertiary/aromatic N) is 2. The maximum atomic E-state index is 12.4. The standard InChI is InChI=1S/C20H31N3O4/c1-26-16-4-3-11-21-20(25)23-14-12-22(13-15-23)19(24)10-7-17-5-8-18(27-2)9-6-17/h5-6,8-9H,3-4,7,10-16H2,1-2H3,(H,21,25). The van der Waals surface area contributed by atoms with Crippen molar-refractivity contribution >= 4 is 11.9 Å². The van der Waals surface area contributed by atoms with Crippen molar-refractivity contribution in [1.82, 2.24) is 15.1 Å². The normalized spacial score (nSPS) is 14.1. The molecule has 3 amide bonds. The Bertz CT molecular complexity index is 583. The maximum absolute atomic E-state index is 12.4. The molecule has 0 unspecified atom stereocenters. The molecule has 1 aliphatic rings. The fourth-order valence-electron chi connectivity index (χ4n) is 3.04. The van der Waals surface area contributed by atoms with Crippen LogP contribution in [0.4, 0.5) is 4.79 Å². The second-order valence-electron chi connectivity index (χ2n) is 6.65. The molecule has 0 atom stereocenters. The molecule has 150 valence electrons. The number of rotatable bonds is 9. The highest BCUT2D eigenvalue weighted by Crippen LogP contribution is 2.13. The van der Waals surface area contributed by atoms with E-state index in [4.69, 9.17) is 9.47 Å². The number of hydrogen-bond donors (Lipinski definition) is 1. The molecule has 2 rings (SSSR count). The van der Waals surface area contributed by atoms with Crippen LogP contribution in [-0.2, 0) is 16.0 Å². The summed E-state index contributed by atoms with van der Waals surface area (Å²) in [5, 5.41) is 2.93. The van der Waals surface area contributed by atoms with Gasteiger partial charge in [0.25, 0.3) is 0 Å². The number of nitrogens with one attached hydrogen (secondary N) is 1. The second kappa shape index (κ2) is 11.4. The smallest absolute Gasteiger partial charge is 0.317 e. The van der Waals surface area contributed by atoms with Crippen LogP contribution in [0.15, 0.2) is 24.3 Å². The predicted molar refractivity (Wildman–Crippen MR) is 104 cm³/mol. The third-order valence-corrected chi connectivity index (χ3v) is 4.76. The molecule has 0 aliphatic carbocycles. The molecule has 0 radical (unpaired) electrons. The van der Waals surface area contributed by atoms with Gasteiger partial charge in [-0.15, -0.1) is 0 Å². The quantitative estimate of drug-likeness (QED) is 0.668. The van der Waals surface area contributed by atoms with Crippen molar-refractivity contribution in [2.75, 3.05) is 53.6 Å². The molecule has 1 N–H and O–H groups in total. The molecule has 27 heavy (non-hydrogen) atoms. The zero-order chi connectivity index (χ0) is 19.5. The number of carbonyl (C=O) groups excluding carboxylic acids is 2. The van der Waals surface area contributed by atoms with Crippen LogP contribution in [0.2, 0.25) is 0 Å². The molecule has 1 saturated heterocycles. The number of piperazine rings is 1. The van der Waals surface area contributed by atoms with Crippen molar-refractivity contribution < 1.29 is 19.1 Å². The van der Waals surface area contributed by atoms with E-state index in [1.807, 2.05) is 29.2 Å². The van der Waals surface area contributed by atoms with Gasteiger partial charge in [-0.1, -0.05) is 12.1 Å². The molecular formula is C20H31N3O4. The van der Waals surface area contributed by atoms with Crippen LogP contribution < -0.4 is 10.1 Å². The Morgan fingerprint density at radius 3 is 2.30 bits per heavy atom. The minimum absolute atomic E-state index is 0.0438. The van der Waals surface area contributed by atoms with Crippen LogP contribution in [0.1, 0.15) is 24.8 Å². The van der Waals surface area contributed by atoms with Gasteiger partial charge in [-0.3, -0.25) is 4.79 Å². The number of methoxy groups -OCH3 is 2. The van der Waals surface area contributed by atoms with Crippen molar-refractivity contribution in [3.8, 4) is 5.75 Å². The van der Waals surface area contributed by atoms with Gasteiger partial charge in [-0.2, -0.15) is 0 Å². The summed E-state index contributed by atoms with van der Waals surface area (Å²) in [7, 11) is 3.32. The molecule has 1 aromatic rings. The molecule has 0 aromatic heterocycles. The van der Waals surface area contributed by atoms with Crippen LogP contribution in [0, 0.1) is 0 Å². The largest absolute Gasteiger partial charge is 0.497 e. The SMILES string of the molecule is COCCCCNC(=O)N1CCN(C(=O)CCc2ccc(OC)cc2)CC1. The molecule has 0 saturated carbocycles. The zero-order valence-electron chi connectivity index (χ0n) is 16.4. The average Bonchev–Trinajstić information content (AvgIpc) is 2.72. The first-order valence-electron chi connectivity index (χ1n) is 9.56. The first-order chi connectivity index (χ1) is 13.1. The predicted octanol–water partition coefficient (Wildman–Crippen LogP) is 1.91. The van der Waals surface area contributed by atoms with Gasteiger partial charge in [0.05, 0.1) is 7.11 Å². The van der Waals surface area contributed by atoms with Gasteiger partial charge in [0.15, 0.2) is 0 Å². The Hall–Kier alpha value is -2.28. The molecule has 1 aliphatic heterocycles. The first-order valence-corrected chi connectivity index (χ1v) is 9.56. The fourth-order valence-corrected chi connectivity index (χ4v) is 3.04. The summed E-state index contributed by atoms with van der Waals surface area (Å²) in [6, 6.07) is 7.75. The number of amides is 3. The van der Waals surface area contributed by atoms with Gasteiger partial charge in [0, 0.05) is 52.9 Å². The molecule has 0 spiro atoms. The summed E-state index contributed by atoms with van der Waals surface area (Å²) in [6.45, 7) is 3.73. The van der Waals surface area contributed by atoms with Crippen molar-refractivity contribution in [2.24, 2.45) is 0 Å². The van der Waals surface area contributed by atoms with E-state index in [0.29, 0.717) is 52.2 Å². The first kappa shape index (κ1) is 21.0. The molecular weight excluding hydrogens is 346 g/mol. The van der Waals surface area contributed by atoms with Crippen molar-refractivity contribution in [3.05, 3.63) is 29.8 Å². The second-order valence-corrected chi connectivity index (χ2v) is 6.65. The molecule has 1 aromatic carbocycles. The summed E-state index contributed by atoms with van der Waals surface area (Å²) in [6.07, 6.45) is 3.04. The van der Waals surface area contributed by atoms with Gasteiger partial charge in [-0.05, 0) is 37.0 Å². The van der Waals surface area contributed by atoms with Gasteiger partial charge < -0.3 is 24.6 Å². The van der Waals surface area contributed by atoms with E-state index in [1.165, 1.54) is 0 Å². The Morgan fingerprint density at radius 2 is 1.67 bits per heavy atom. The Labute approximate surface area is 161 Å². The summed E-state index contributed by atoms with van der Waals surface area (Å²) < 4.78 is 10.1. The Balaban J connectivity index is 1.65. The topological polar surface area (TPSA) is 71.1 Å². The highest BCUT2D eigenvalue weighted by molar-refractivity contribution is 5.78. The Morgan fingerprint density at radius 1 is 1.00 bits per heavy atom. The van der Waals surface area contributed by atoms with Crippen LogP contribution in [0.3, 0.4) is 0 Å². The lowest BCUT2D eigenvalue weighted by Crippen LogP contribution is -2.53. The van der Waals surface area contributed by atoms with E-state index in [2.05, 4.69) is 5.32 Å². The number of urea groups is 1. The van der Waals surface area contributed by atoms with E-state index in [1.54, 1.807) is 19.1 Å². The number of unbranched alkanes of at least 4 members (excludes halogenated alkanes) is 1. The molecule has 0 bridgehead atoms. The van der Waals surface area contributed by atoms with Crippen molar-refractivity contribution in [2.45, 2.75) is 25.7 Å². The van der Waals surface area contributed by atoms with E-state index < -0.39 is 0 Å². The van der Waals surface area contributed by atoms with Crippen molar-refractivity contribution in [1.29, 1.82) is 0 Å². The van der Waals surface area contributed by atoms with Gasteiger partial charge in [0.2, 0.25) is 5.91 Å². The molecule has 1 fully saturated rings. The fraction of sp³-hybridized carbons (Fsp3) is 0.600. The number of hydrogen-bond acceptors (Lipinski definition) is 4. The minimum Gasteiger partial charge on any atom is -0.497 e. The number of carbonyl (C=O) groups is 2. The third-order valence-electron chi connectivity index (χ3n) is 4.76. The van der Waals surface area contributed by atoms with E-state index in [0.717, 1.165) is 24.2 Å². The minimum atomic E-state index is -0.0438. The lowest BCUT2D eigenvalue weighted by molar-refractivity contribution is -0.132. The summed E-state index contributed by atoms with van der Waals surface area (Å²) >= 11 is 0. The van der Waals surface area contributed by atoms with Crippen LogP contribution in [-0.4, -0.2) is 75.3 Å². The lowest BCUT2D eigenvalue weighted by Gasteiger charge is -2.34. The van der Waals surface area contributed by atoms with Crippen LogP contribution in [0.25, 0.3) is 0 Å². The van der Waals surface area contributed by atoms with Crippen LogP contribution >= 0.6 is 0 Å². The number of benzene rings is 1. The summed E-state index contributed by atoms with van der Waals surface area (Å²) in [5.41, 5.74) is 1.12. The lowest BCUT2D eigenvalue weighted by atomic mass is 10.1. The molecule has 7 nitrogen and oxygen atoms in total. The highest BCUT2D eigenvalue weighted by atomic mass is 16.5. The zero-order valence-corrected chi connectivity index (χ0v) is 16.4. The number of aryl methyl sites for hydroxylation is 1. The monoisotopic (exact) mass is 377 g/mol. The molecule has 7 heteroatoms. The summed E-state index contributed by atoms with van der Waals surface area (Å²) in [4.78, 5) is 28.2.